The zero-order valence-corrected chi connectivity index (χ0v) is 13.1. The second-order valence-corrected chi connectivity index (χ2v) is 5.50. The number of hydrogen-bond donors (Lipinski definition) is 1. The zero-order valence-electron chi connectivity index (χ0n) is 12.3. The molecule has 0 heterocycles. The van der Waals surface area contributed by atoms with Gasteiger partial charge in [-0.1, -0.05) is 18.5 Å². The largest absolute Gasteiger partial charge is 0.383 e. The first kappa shape index (κ1) is 16.3. The normalized spacial score (nSPS) is 14.2. The molecule has 2 atom stereocenters. The SMILES string of the molecule is CCC(N)Cc1cc(Cl)ccc1N(C)C(C)COC. The van der Waals surface area contributed by atoms with Crippen molar-refractivity contribution in [1.29, 1.82) is 0 Å². The number of halogens is 1. The molecule has 0 saturated carbocycles. The van der Waals surface area contributed by atoms with E-state index in [0.29, 0.717) is 12.6 Å². The van der Waals surface area contributed by atoms with Crippen LogP contribution in [0, 0.1) is 0 Å². The van der Waals surface area contributed by atoms with Crippen molar-refractivity contribution < 1.29 is 4.74 Å². The van der Waals surface area contributed by atoms with Crippen LogP contribution in [0.3, 0.4) is 0 Å². The van der Waals surface area contributed by atoms with Gasteiger partial charge in [-0.3, -0.25) is 0 Å². The van der Waals surface area contributed by atoms with Crippen LogP contribution in [0.25, 0.3) is 0 Å². The van der Waals surface area contributed by atoms with E-state index in [1.807, 2.05) is 12.1 Å². The first-order valence-corrected chi connectivity index (χ1v) is 7.13. The van der Waals surface area contributed by atoms with Gasteiger partial charge in [0.2, 0.25) is 0 Å². The Kier molecular flexibility index (Phi) is 6.63. The molecule has 0 aliphatic carbocycles. The lowest BCUT2D eigenvalue weighted by atomic mass is 10.0. The first-order chi connectivity index (χ1) is 8.99. The summed E-state index contributed by atoms with van der Waals surface area (Å²) in [6.45, 7) is 4.94. The summed E-state index contributed by atoms with van der Waals surface area (Å²) >= 11 is 6.10. The fourth-order valence-electron chi connectivity index (χ4n) is 2.08. The number of likely N-dealkylation sites (N-methyl/N-ethyl adjacent to an activating group) is 1. The number of ether oxygens (including phenoxy) is 1. The minimum Gasteiger partial charge on any atom is -0.383 e. The van der Waals surface area contributed by atoms with Crippen molar-refractivity contribution in [3.05, 3.63) is 28.8 Å². The second-order valence-electron chi connectivity index (χ2n) is 5.06. The Balaban J connectivity index is 2.98. The predicted molar refractivity (Wildman–Crippen MR) is 83.2 cm³/mol. The van der Waals surface area contributed by atoms with Crippen LogP contribution >= 0.6 is 11.6 Å². The summed E-state index contributed by atoms with van der Waals surface area (Å²) in [5, 5.41) is 0.759. The van der Waals surface area contributed by atoms with E-state index >= 15 is 0 Å². The van der Waals surface area contributed by atoms with Crippen molar-refractivity contribution in [2.24, 2.45) is 5.73 Å². The molecule has 0 amide bonds. The number of nitrogens with two attached hydrogens (primary N) is 1. The highest BCUT2D eigenvalue weighted by Crippen LogP contribution is 2.26. The highest BCUT2D eigenvalue weighted by Gasteiger charge is 2.15. The molecule has 3 nitrogen and oxygen atoms in total. The maximum Gasteiger partial charge on any atom is 0.0663 e. The van der Waals surface area contributed by atoms with Gasteiger partial charge in [0.25, 0.3) is 0 Å². The van der Waals surface area contributed by atoms with Gasteiger partial charge < -0.3 is 15.4 Å². The van der Waals surface area contributed by atoms with E-state index in [9.17, 15) is 0 Å². The molecular weight excluding hydrogens is 260 g/mol. The molecule has 0 aliphatic heterocycles. The lowest BCUT2D eigenvalue weighted by Gasteiger charge is -2.29. The Labute approximate surface area is 121 Å². The van der Waals surface area contributed by atoms with Crippen molar-refractivity contribution in [2.45, 2.75) is 38.8 Å². The topological polar surface area (TPSA) is 38.5 Å². The Morgan fingerprint density at radius 2 is 2.11 bits per heavy atom. The number of nitrogens with zero attached hydrogens (tertiary/aromatic N) is 1. The summed E-state index contributed by atoms with van der Waals surface area (Å²) < 4.78 is 5.22. The van der Waals surface area contributed by atoms with Crippen molar-refractivity contribution in [1.82, 2.24) is 0 Å². The van der Waals surface area contributed by atoms with Gasteiger partial charge in [0.15, 0.2) is 0 Å². The molecule has 0 saturated heterocycles. The summed E-state index contributed by atoms with van der Waals surface area (Å²) in [5.74, 6) is 0. The predicted octanol–water partition coefficient (Wildman–Crippen LogP) is 3.09. The van der Waals surface area contributed by atoms with Crippen LogP contribution in [0.2, 0.25) is 5.02 Å². The third kappa shape index (κ3) is 4.68. The van der Waals surface area contributed by atoms with Gasteiger partial charge in [0.1, 0.15) is 0 Å². The van der Waals surface area contributed by atoms with Crippen molar-refractivity contribution in [3.63, 3.8) is 0 Å². The maximum absolute atomic E-state index is 6.10. The van der Waals surface area contributed by atoms with Crippen LogP contribution in [0.4, 0.5) is 5.69 Å². The average molecular weight is 285 g/mol. The zero-order chi connectivity index (χ0) is 14.4. The second kappa shape index (κ2) is 7.73. The van der Waals surface area contributed by atoms with Crippen molar-refractivity contribution in [2.75, 3.05) is 25.7 Å². The Morgan fingerprint density at radius 3 is 2.68 bits per heavy atom. The van der Waals surface area contributed by atoms with Crippen molar-refractivity contribution >= 4 is 17.3 Å². The minimum atomic E-state index is 0.170. The smallest absolute Gasteiger partial charge is 0.0663 e. The van der Waals surface area contributed by atoms with E-state index in [-0.39, 0.29) is 6.04 Å². The van der Waals surface area contributed by atoms with Gasteiger partial charge in [-0.25, -0.2) is 0 Å². The lowest BCUT2D eigenvalue weighted by Crippen LogP contribution is -2.34. The molecule has 108 valence electrons. The quantitative estimate of drug-likeness (QED) is 0.836. The Morgan fingerprint density at radius 1 is 1.42 bits per heavy atom. The number of anilines is 1. The summed E-state index contributed by atoms with van der Waals surface area (Å²) in [7, 11) is 3.80. The number of rotatable bonds is 7. The third-order valence-electron chi connectivity index (χ3n) is 3.50. The van der Waals surface area contributed by atoms with Gasteiger partial charge in [0, 0.05) is 37.0 Å². The van der Waals surface area contributed by atoms with E-state index in [4.69, 9.17) is 22.1 Å². The van der Waals surface area contributed by atoms with Gasteiger partial charge in [-0.2, -0.15) is 0 Å². The highest BCUT2D eigenvalue weighted by atomic mass is 35.5. The van der Waals surface area contributed by atoms with E-state index in [0.717, 1.165) is 17.9 Å². The van der Waals surface area contributed by atoms with E-state index in [2.05, 4.69) is 31.9 Å². The molecule has 19 heavy (non-hydrogen) atoms. The summed E-state index contributed by atoms with van der Waals surface area (Å²) in [6, 6.07) is 6.48. The summed E-state index contributed by atoms with van der Waals surface area (Å²) in [5.41, 5.74) is 8.45. The molecule has 4 heteroatoms. The summed E-state index contributed by atoms with van der Waals surface area (Å²) in [6.07, 6.45) is 1.81. The lowest BCUT2D eigenvalue weighted by molar-refractivity contribution is 0.183. The number of hydrogen-bond acceptors (Lipinski definition) is 3. The fraction of sp³-hybridized carbons (Fsp3) is 0.600. The fourth-order valence-corrected chi connectivity index (χ4v) is 2.27. The molecule has 1 aromatic rings. The molecule has 0 spiro atoms. The van der Waals surface area contributed by atoms with E-state index in [1.54, 1.807) is 7.11 Å². The van der Waals surface area contributed by atoms with Gasteiger partial charge >= 0.3 is 0 Å². The molecule has 0 fully saturated rings. The third-order valence-corrected chi connectivity index (χ3v) is 3.73. The number of benzene rings is 1. The molecular formula is C15H25ClN2O. The van der Waals surface area contributed by atoms with Gasteiger partial charge in [-0.05, 0) is 43.5 Å². The Bertz CT molecular complexity index is 398. The molecule has 1 aromatic carbocycles. The van der Waals surface area contributed by atoms with Gasteiger partial charge in [-0.15, -0.1) is 0 Å². The minimum absolute atomic E-state index is 0.170. The van der Waals surface area contributed by atoms with Crippen LogP contribution in [-0.4, -0.2) is 32.8 Å². The summed E-state index contributed by atoms with van der Waals surface area (Å²) in [4.78, 5) is 2.22. The molecule has 0 radical (unpaired) electrons. The van der Waals surface area contributed by atoms with E-state index in [1.165, 1.54) is 11.3 Å². The molecule has 0 aromatic heterocycles. The van der Waals surface area contributed by atoms with Gasteiger partial charge in [0.05, 0.1) is 6.61 Å². The molecule has 2 N–H and O–H groups in total. The van der Waals surface area contributed by atoms with Crippen LogP contribution in [-0.2, 0) is 11.2 Å². The van der Waals surface area contributed by atoms with Crippen LogP contribution in [0.15, 0.2) is 18.2 Å². The maximum atomic E-state index is 6.10. The molecule has 0 aliphatic rings. The standard InChI is InChI=1S/C15H25ClN2O/c1-5-14(17)9-12-8-13(16)6-7-15(12)18(3)11(2)10-19-4/h6-8,11,14H,5,9-10,17H2,1-4H3. The van der Waals surface area contributed by atoms with Crippen molar-refractivity contribution in [3.8, 4) is 0 Å². The van der Waals surface area contributed by atoms with Crippen LogP contribution < -0.4 is 10.6 Å². The molecule has 2 unspecified atom stereocenters. The Hall–Kier alpha value is -0.770. The van der Waals surface area contributed by atoms with Crippen LogP contribution in [0.5, 0.6) is 0 Å². The number of methoxy groups -OCH3 is 1. The molecule has 1 rings (SSSR count). The van der Waals surface area contributed by atoms with E-state index < -0.39 is 0 Å². The highest BCUT2D eigenvalue weighted by molar-refractivity contribution is 6.30. The average Bonchev–Trinajstić information content (AvgIpc) is 2.38. The van der Waals surface area contributed by atoms with Crippen LogP contribution in [0.1, 0.15) is 25.8 Å². The molecule has 0 bridgehead atoms. The monoisotopic (exact) mass is 284 g/mol. The first-order valence-electron chi connectivity index (χ1n) is 6.75.